The molecular formula is C9H25N3Si2. The lowest BCUT2D eigenvalue weighted by molar-refractivity contribution is 0.189. The van der Waals surface area contributed by atoms with Crippen molar-refractivity contribution in [1.29, 1.82) is 0 Å². The monoisotopic (exact) mass is 231 g/mol. The molecule has 0 aromatic heterocycles. The van der Waals surface area contributed by atoms with Crippen LogP contribution in [0.3, 0.4) is 0 Å². The molecule has 84 valence electrons. The maximum Gasteiger partial charge on any atom is 0.122 e. The molecule has 1 aliphatic rings. The summed E-state index contributed by atoms with van der Waals surface area (Å²) in [5, 5.41) is 3.52. The lowest BCUT2D eigenvalue weighted by Crippen LogP contribution is -2.65. The van der Waals surface area contributed by atoms with E-state index in [0.717, 1.165) is 13.3 Å². The van der Waals surface area contributed by atoms with Crippen molar-refractivity contribution in [2.24, 2.45) is 0 Å². The van der Waals surface area contributed by atoms with E-state index in [0.29, 0.717) is 0 Å². The molecule has 0 aliphatic carbocycles. The van der Waals surface area contributed by atoms with Crippen molar-refractivity contribution in [3.8, 4) is 0 Å². The minimum absolute atomic E-state index is 1.08. The van der Waals surface area contributed by atoms with Crippen LogP contribution in [0.1, 0.15) is 0 Å². The number of rotatable bonds is 2. The molecule has 0 spiro atoms. The van der Waals surface area contributed by atoms with E-state index in [4.69, 9.17) is 0 Å². The van der Waals surface area contributed by atoms with E-state index in [1.165, 1.54) is 6.67 Å². The Hall–Kier alpha value is 0.314. The van der Waals surface area contributed by atoms with E-state index in [9.17, 15) is 0 Å². The zero-order valence-electron chi connectivity index (χ0n) is 10.5. The van der Waals surface area contributed by atoms with Crippen LogP contribution in [-0.2, 0) is 0 Å². The minimum atomic E-state index is -1.13. The Labute approximate surface area is 90.6 Å². The molecule has 0 bridgehead atoms. The fourth-order valence-corrected chi connectivity index (χ4v) is 4.03. The Morgan fingerprint density at radius 2 is 1.14 bits per heavy atom. The van der Waals surface area contributed by atoms with Gasteiger partial charge in [0.2, 0.25) is 0 Å². The summed E-state index contributed by atoms with van der Waals surface area (Å²) in [6, 6.07) is 0. The molecule has 1 aliphatic heterocycles. The van der Waals surface area contributed by atoms with Crippen LogP contribution in [0.4, 0.5) is 0 Å². The first-order valence-electron chi connectivity index (χ1n) is 5.42. The molecule has 1 heterocycles. The van der Waals surface area contributed by atoms with E-state index >= 15 is 0 Å². The smallest absolute Gasteiger partial charge is 0.122 e. The molecule has 0 atom stereocenters. The number of nitrogens with one attached hydrogen (secondary N) is 1. The molecule has 1 fully saturated rings. The highest BCUT2D eigenvalue weighted by atomic mass is 28.3. The summed E-state index contributed by atoms with van der Waals surface area (Å²) in [7, 11) is -2.25. The first-order valence-corrected chi connectivity index (χ1v) is 12.3. The third-order valence-electron chi connectivity index (χ3n) is 2.84. The fourth-order valence-electron chi connectivity index (χ4n) is 1.52. The van der Waals surface area contributed by atoms with Crippen molar-refractivity contribution in [1.82, 2.24) is 14.4 Å². The van der Waals surface area contributed by atoms with Gasteiger partial charge in [-0.15, -0.1) is 0 Å². The van der Waals surface area contributed by atoms with Crippen molar-refractivity contribution in [3.63, 3.8) is 0 Å². The highest BCUT2D eigenvalue weighted by molar-refractivity contribution is 6.74. The van der Waals surface area contributed by atoms with Gasteiger partial charge >= 0.3 is 0 Å². The topological polar surface area (TPSA) is 18.5 Å². The summed E-state index contributed by atoms with van der Waals surface area (Å²) < 4.78 is 5.27. The van der Waals surface area contributed by atoms with E-state index in [2.05, 4.69) is 53.7 Å². The average Bonchev–Trinajstić information content (AvgIpc) is 2.01. The molecule has 0 amide bonds. The Morgan fingerprint density at radius 3 is 1.43 bits per heavy atom. The Bertz CT molecular complexity index is 175. The SMILES string of the molecule is C[Si](C)(C)N1CNCN([Si](C)(C)C)C1. The largest absolute Gasteiger partial charge is 0.300 e. The minimum Gasteiger partial charge on any atom is -0.300 e. The number of hydrogen-bond donors (Lipinski definition) is 1. The van der Waals surface area contributed by atoms with Crippen LogP contribution in [0.5, 0.6) is 0 Å². The van der Waals surface area contributed by atoms with Crippen molar-refractivity contribution in [3.05, 3.63) is 0 Å². The maximum absolute atomic E-state index is 3.52. The van der Waals surface area contributed by atoms with Gasteiger partial charge in [-0.05, 0) is 0 Å². The lowest BCUT2D eigenvalue weighted by atomic mass is 10.8. The van der Waals surface area contributed by atoms with Crippen LogP contribution in [0.15, 0.2) is 0 Å². The molecular weight excluding hydrogens is 206 g/mol. The summed E-state index contributed by atoms with van der Waals surface area (Å²) in [6.45, 7) is 17.9. The van der Waals surface area contributed by atoms with E-state index in [1.54, 1.807) is 0 Å². The Kier molecular flexibility index (Phi) is 3.59. The summed E-state index contributed by atoms with van der Waals surface area (Å²) in [5.74, 6) is 0. The second kappa shape index (κ2) is 4.05. The van der Waals surface area contributed by atoms with E-state index in [1.807, 2.05) is 0 Å². The van der Waals surface area contributed by atoms with E-state index in [-0.39, 0.29) is 0 Å². The van der Waals surface area contributed by atoms with Gasteiger partial charge in [0.1, 0.15) is 16.5 Å². The predicted octanol–water partition coefficient (Wildman–Crippen LogP) is 1.74. The number of nitrogens with zero attached hydrogens (tertiary/aromatic N) is 2. The van der Waals surface area contributed by atoms with Crippen LogP contribution in [-0.4, -0.2) is 45.6 Å². The highest BCUT2D eigenvalue weighted by Crippen LogP contribution is 2.16. The third kappa shape index (κ3) is 3.17. The van der Waals surface area contributed by atoms with Gasteiger partial charge in [0.15, 0.2) is 0 Å². The molecule has 14 heavy (non-hydrogen) atoms. The molecule has 3 nitrogen and oxygen atoms in total. The zero-order chi connectivity index (χ0) is 11.0. The van der Waals surface area contributed by atoms with Crippen LogP contribution >= 0.6 is 0 Å². The molecule has 0 aromatic rings. The van der Waals surface area contributed by atoms with Crippen LogP contribution in [0, 0.1) is 0 Å². The van der Waals surface area contributed by atoms with Crippen molar-refractivity contribution < 1.29 is 0 Å². The average molecular weight is 231 g/mol. The normalized spacial score (nSPS) is 22.7. The Morgan fingerprint density at radius 1 is 0.786 bits per heavy atom. The quantitative estimate of drug-likeness (QED) is 0.730. The van der Waals surface area contributed by atoms with Gasteiger partial charge < -0.3 is 9.13 Å². The highest BCUT2D eigenvalue weighted by Gasteiger charge is 2.33. The lowest BCUT2D eigenvalue weighted by Gasteiger charge is -2.47. The van der Waals surface area contributed by atoms with Gasteiger partial charge in [-0.25, -0.2) is 0 Å². The van der Waals surface area contributed by atoms with Gasteiger partial charge in [0, 0.05) is 20.0 Å². The molecule has 1 N–H and O–H groups in total. The van der Waals surface area contributed by atoms with Gasteiger partial charge in [-0.2, -0.15) is 0 Å². The second-order valence-electron chi connectivity index (χ2n) is 6.13. The summed E-state index contributed by atoms with van der Waals surface area (Å²) >= 11 is 0. The Balaban J connectivity index is 2.61. The molecule has 0 saturated carbocycles. The van der Waals surface area contributed by atoms with Crippen molar-refractivity contribution in [2.75, 3.05) is 20.0 Å². The van der Waals surface area contributed by atoms with E-state index < -0.39 is 16.5 Å². The zero-order valence-corrected chi connectivity index (χ0v) is 12.5. The number of hydrogen-bond acceptors (Lipinski definition) is 3. The molecule has 0 radical (unpaired) electrons. The van der Waals surface area contributed by atoms with Crippen molar-refractivity contribution in [2.45, 2.75) is 39.3 Å². The van der Waals surface area contributed by atoms with Crippen LogP contribution in [0.25, 0.3) is 0 Å². The van der Waals surface area contributed by atoms with Gasteiger partial charge in [0.25, 0.3) is 0 Å². The molecule has 0 aromatic carbocycles. The van der Waals surface area contributed by atoms with Gasteiger partial charge in [-0.1, -0.05) is 39.3 Å². The molecule has 1 rings (SSSR count). The fraction of sp³-hybridized carbons (Fsp3) is 1.00. The second-order valence-corrected chi connectivity index (χ2v) is 16.1. The van der Waals surface area contributed by atoms with Gasteiger partial charge in [0.05, 0.1) is 0 Å². The summed E-state index contributed by atoms with van der Waals surface area (Å²) in [5.41, 5.74) is 0. The summed E-state index contributed by atoms with van der Waals surface area (Å²) in [4.78, 5) is 0. The standard InChI is InChI=1S/C9H25N3Si2/c1-13(2,3)11-7-10-8-12(9-11)14(4,5)6/h10H,7-9H2,1-6H3. The van der Waals surface area contributed by atoms with Crippen LogP contribution < -0.4 is 5.32 Å². The summed E-state index contributed by atoms with van der Waals surface area (Å²) in [6.07, 6.45) is 0. The maximum atomic E-state index is 3.52. The first-order chi connectivity index (χ1) is 6.21. The third-order valence-corrected chi connectivity index (χ3v) is 7.24. The predicted molar refractivity (Wildman–Crippen MR) is 68.1 cm³/mol. The van der Waals surface area contributed by atoms with Gasteiger partial charge in [-0.3, -0.25) is 5.32 Å². The molecule has 0 unspecified atom stereocenters. The van der Waals surface area contributed by atoms with Crippen LogP contribution in [0.2, 0.25) is 39.3 Å². The molecule has 5 heteroatoms. The van der Waals surface area contributed by atoms with Crippen molar-refractivity contribution >= 4 is 16.5 Å². The first kappa shape index (κ1) is 12.4. The molecule has 1 saturated heterocycles.